The van der Waals surface area contributed by atoms with E-state index in [-0.39, 0.29) is 11.5 Å². The average molecular weight is 342 g/mol. The Kier molecular flexibility index (Phi) is 4.48. The molecule has 0 spiro atoms. The maximum absolute atomic E-state index is 12.3. The molecule has 1 heterocycles. The van der Waals surface area contributed by atoms with Crippen LogP contribution in [0.5, 0.6) is 0 Å². The molecule has 7 heteroatoms. The zero-order chi connectivity index (χ0) is 17.1. The van der Waals surface area contributed by atoms with Gasteiger partial charge in [-0.25, -0.2) is 4.68 Å². The van der Waals surface area contributed by atoms with E-state index in [9.17, 15) is 4.79 Å². The molecule has 0 saturated carbocycles. The number of halogens is 1. The normalized spacial score (nSPS) is 10.6. The summed E-state index contributed by atoms with van der Waals surface area (Å²) in [6.07, 6.45) is 0. The number of benzene rings is 2. The number of nitrogens with one attached hydrogen (secondary N) is 1. The first kappa shape index (κ1) is 16.0. The van der Waals surface area contributed by atoms with E-state index in [0.717, 1.165) is 5.56 Å². The number of anilines is 2. The number of carbonyl (C=O) groups is 1. The number of aromatic nitrogens is 3. The Morgan fingerprint density at radius 2 is 2.00 bits per heavy atom. The fourth-order valence-corrected chi connectivity index (χ4v) is 2.41. The maximum atomic E-state index is 12.3. The van der Waals surface area contributed by atoms with Gasteiger partial charge in [0.2, 0.25) is 0 Å². The summed E-state index contributed by atoms with van der Waals surface area (Å²) >= 11 is 5.90. The van der Waals surface area contributed by atoms with Crippen LogP contribution in [0.4, 0.5) is 11.5 Å². The summed E-state index contributed by atoms with van der Waals surface area (Å²) in [6, 6.07) is 14.8. The lowest BCUT2D eigenvalue weighted by Gasteiger charge is -2.05. The third kappa shape index (κ3) is 3.55. The Bertz CT molecular complexity index is 873. The molecule has 1 aromatic heterocycles. The van der Waals surface area contributed by atoms with Crippen molar-refractivity contribution < 1.29 is 4.79 Å². The van der Waals surface area contributed by atoms with Crippen LogP contribution in [0.1, 0.15) is 21.6 Å². The van der Waals surface area contributed by atoms with Gasteiger partial charge in [-0.1, -0.05) is 52.7 Å². The summed E-state index contributed by atoms with van der Waals surface area (Å²) in [5.41, 5.74) is 8.87. The number of aryl methyl sites for hydroxylation is 1. The van der Waals surface area contributed by atoms with Gasteiger partial charge in [-0.05, 0) is 30.7 Å². The van der Waals surface area contributed by atoms with E-state index in [2.05, 4.69) is 15.6 Å². The smallest absolute Gasteiger partial charge is 0.280 e. The van der Waals surface area contributed by atoms with Crippen molar-refractivity contribution in [3.8, 4) is 0 Å². The minimum Gasteiger partial charge on any atom is -0.382 e. The van der Waals surface area contributed by atoms with E-state index in [0.29, 0.717) is 17.3 Å². The molecule has 6 nitrogen and oxygen atoms in total. The van der Waals surface area contributed by atoms with Gasteiger partial charge in [0, 0.05) is 10.7 Å². The first-order valence-corrected chi connectivity index (χ1v) is 7.72. The van der Waals surface area contributed by atoms with Crippen molar-refractivity contribution in [2.24, 2.45) is 0 Å². The topological polar surface area (TPSA) is 85.8 Å². The van der Waals surface area contributed by atoms with E-state index in [4.69, 9.17) is 17.3 Å². The molecule has 3 N–H and O–H groups in total. The standard InChI is InChI=1S/C17H16ClN5O/c1-11-5-7-12(8-6-11)10-23-16(19)15(21-22-23)17(24)20-14-4-2-3-13(18)9-14/h2-9H,10,19H2,1H3,(H,20,24). The van der Waals surface area contributed by atoms with Crippen molar-refractivity contribution in [3.05, 3.63) is 70.4 Å². The Morgan fingerprint density at radius 3 is 2.71 bits per heavy atom. The number of nitrogens with two attached hydrogens (primary N) is 1. The average Bonchev–Trinajstić information content (AvgIpc) is 2.91. The highest BCUT2D eigenvalue weighted by Crippen LogP contribution is 2.17. The number of hydrogen-bond acceptors (Lipinski definition) is 4. The molecule has 0 unspecified atom stereocenters. The lowest BCUT2D eigenvalue weighted by atomic mass is 10.1. The van der Waals surface area contributed by atoms with Gasteiger partial charge in [-0.3, -0.25) is 4.79 Å². The SMILES string of the molecule is Cc1ccc(Cn2nnc(C(=O)Nc3cccc(Cl)c3)c2N)cc1. The van der Waals surface area contributed by atoms with Gasteiger partial charge in [0.15, 0.2) is 11.5 Å². The van der Waals surface area contributed by atoms with Crippen molar-refractivity contribution in [2.45, 2.75) is 13.5 Å². The van der Waals surface area contributed by atoms with Crippen LogP contribution in [0, 0.1) is 6.92 Å². The van der Waals surface area contributed by atoms with E-state index in [1.54, 1.807) is 24.3 Å². The number of carbonyl (C=O) groups excluding carboxylic acids is 1. The molecule has 1 amide bonds. The van der Waals surface area contributed by atoms with Crippen LogP contribution in [-0.4, -0.2) is 20.9 Å². The summed E-state index contributed by atoms with van der Waals surface area (Å²) in [6.45, 7) is 2.47. The van der Waals surface area contributed by atoms with Crippen LogP contribution in [0.2, 0.25) is 5.02 Å². The summed E-state index contributed by atoms with van der Waals surface area (Å²) in [5.74, 6) is -0.208. The lowest BCUT2D eigenvalue weighted by Crippen LogP contribution is -2.15. The zero-order valence-electron chi connectivity index (χ0n) is 13.0. The number of rotatable bonds is 4. The highest BCUT2D eigenvalue weighted by molar-refractivity contribution is 6.31. The van der Waals surface area contributed by atoms with Crippen molar-refractivity contribution in [1.29, 1.82) is 0 Å². The van der Waals surface area contributed by atoms with Gasteiger partial charge >= 0.3 is 0 Å². The largest absolute Gasteiger partial charge is 0.382 e. The highest BCUT2D eigenvalue weighted by Gasteiger charge is 2.17. The van der Waals surface area contributed by atoms with E-state index < -0.39 is 5.91 Å². The lowest BCUT2D eigenvalue weighted by molar-refractivity contribution is 0.102. The van der Waals surface area contributed by atoms with Crippen LogP contribution in [-0.2, 0) is 6.54 Å². The Labute approximate surface area is 144 Å². The number of hydrogen-bond donors (Lipinski definition) is 2. The second kappa shape index (κ2) is 6.72. The molecular formula is C17H16ClN5O. The molecule has 0 atom stereocenters. The first-order valence-electron chi connectivity index (χ1n) is 7.34. The van der Waals surface area contributed by atoms with Gasteiger partial charge in [0.1, 0.15) is 0 Å². The van der Waals surface area contributed by atoms with E-state index in [1.165, 1.54) is 10.2 Å². The monoisotopic (exact) mass is 341 g/mol. The Morgan fingerprint density at radius 1 is 1.25 bits per heavy atom. The number of amides is 1. The molecule has 0 fully saturated rings. The van der Waals surface area contributed by atoms with Crippen LogP contribution >= 0.6 is 11.6 Å². The quantitative estimate of drug-likeness (QED) is 0.763. The molecule has 0 bridgehead atoms. The number of nitrogen functional groups attached to an aromatic ring is 1. The maximum Gasteiger partial charge on any atom is 0.280 e. The van der Waals surface area contributed by atoms with Gasteiger partial charge in [-0.15, -0.1) is 5.10 Å². The molecule has 24 heavy (non-hydrogen) atoms. The molecule has 0 saturated heterocycles. The molecule has 0 aliphatic carbocycles. The van der Waals surface area contributed by atoms with Crippen molar-refractivity contribution in [1.82, 2.24) is 15.0 Å². The molecule has 3 aromatic rings. The van der Waals surface area contributed by atoms with Crippen molar-refractivity contribution in [3.63, 3.8) is 0 Å². The van der Waals surface area contributed by atoms with Gasteiger partial charge in [0.25, 0.3) is 5.91 Å². The summed E-state index contributed by atoms with van der Waals surface area (Å²) in [5, 5.41) is 11.1. The second-order valence-corrected chi connectivity index (χ2v) is 5.87. The predicted octanol–water partition coefficient (Wildman–Crippen LogP) is 3.12. The van der Waals surface area contributed by atoms with Gasteiger partial charge in [-0.2, -0.15) is 0 Å². The minimum absolute atomic E-state index is 0.0853. The predicted molar refractivity (Wildman–Crippen MR) is 94.1 cm³/mol. The third-order valence-electron chi connectivity index (χ3n) is 3.52. The van der Waals surface area contributed by atoms with Crippen LogP contribution in [0.15, 0.2) is 48.5 Å². The van der Waals surface area contributed by atoms with Crippen LogP contribution in [0.25, 0.3) is 0 Å². The minimum atomic E-state index is -0.426. The molecule has 122 valence electrons. The molecule has 0 radical (unpaired) electrons. The molecule has 0 aliphatic heterocycles. The van der Waals surface area contributed by atoms with Crippen LogP contribution < -0.4 is 11.1 Å². The first-order chi connectivity index (χ1) is 11.5. The summed E-state index contributed by atoms with van der Waals surface area (Å²) < 4.78 is 1.50. The molecule has 0 aliphatic rings. The van der Waals surface area contributed by atoms with E-state index in [1.807, 2.05) is 31.2 Å². The summed E-state index contributed by atoms with van der Waals surface area (Å²) in [7, 11) is 0. The summed E-state index contributed by atoms with van der Waals surface area (Å²) in [4.78, 5) is 12.3. The fraction of sp³-hybridized carbons (Fsp3) is 0.118. The number of nitrogens with zero attached hydrogens (tertiary/aromatic N) is 3. The van der Waals surface area contributed by atoms with E-state index >= 15 is 0 Å². The molecular weight excluding hydrogens is 326 g/mol. The van der Waals surface area contributed by atoms with Gasteiger partial charge in [0.05, 0.1) is 6.54 Å². The van der Waals surface area contributed by atoms with Crippen molar-refractivity contribution >= 4 is 29.0 Å². The third-order valence-corrected chi connectivity index (χ3v) is 3.76. The molecule has 2 aromatic carbocycles. The zero-order valence-corrected chi connectivity index (χ0v) is 13.8. The Balaban J connectivity index is 1.76. The second-order valence-electron chi connectivity index (χ2n) is 5.43. The van der Waals surface area contributed by atoms with Crippen LogP contribution in [0.3, 0.4) is 0 Å². The highest BCUT2D eigenvalue weighted by atomic mass is 35.5. The Hall–Kier alpha value is -2.86. The molecule has 3 rings (SSSR count). The fourth-order valence-electron chi connectivity index (χ4n) is 2.22. The van der Waals surface area contributed by atoms with Gasteiger partial charge < -0.3 is 11.1 Å². The van der Waals surface area contributed by atoms with Crippen molar-refractivity contribution in [2.75, 3.05) is 11.1 Å².